The summed E-state index contributed by atoms with van der Waals surface area (Å²) in [6.07, 6.45) is 0. The van der Waals surface area contributed by atoms with Crippen molar-refractivity contribution < 1.29 is 19.0 Å². The lowest BCUT2D eigenvalue weighted by atomic mass is 10.1. The lowest BCUT2D eigenvalue weighted by Gasteiger charge is -2.11. The van der Waals surface area contributed by atoms with E-state index in [0.717, 1.165) is 0 Å². The van der Waals surface area contributed by atoms with Gasteiger partial charge in [-0.25, -0.2) is 0 Å². The van der Waals surface area contributed by atoms with E-state index in [1.165, 1.54) is 21.3 Å². The van der Waals surface area contributed by atoms with Crippen molar-refractivity contribution in [3.05, 3.63) is 41.5 Å². The third kappa shape index (κ3) is 2.54. The Morgan fingerprint density at radius 3 is 1.90 bits per heavy atom. The van der Waals surface area contributed by atoms with Gasteiger partial charge in [0.15, 0.2) is 0 Å². The summed E-state index contributed by atoms with van der Waals surface area (Å²) in [5, 5.41) is 0. The van der Waals surface area contributed by atoms with Gasteiger partial charge in [-0.1, -0.05) is 30.3 Å². The summed E-state index contributed by atoms with van der Waals surface area (Å²) in [6.45, 7) is 0. The number of methoxy groups -OCH3 is 3. The Bertz CT molecular complexity index is 589. The maximum atomic E-state index is 12.5. The van der Waals surface area contributed by atoms with Crippen LogP contribution in [0, 0.1) is 0 Å². The second-order valence-electron chi connectivity index (χ2n) is 3.80. The second kappa shape index (κ2) is 6.01. The number of nitrogens with zero attached hydrogens (tertiary/aromatic N) is 2. The number of hydrogen-bond acceptors (Lipinski definition) is 6. The van der Waals surface area contributed by atoms with Crippen molar-refractivity contribution in [1.29, 1.82) is 0 Å². The second-order valence-corrected chi connectivity index (χ2v) is 3.80. The topological polar surface area (TPSA) is 70.5 Å². The largest absolute Gasteiger partial charge is 0.480 e. The molecule has 0 aliphatic carbocycles. The molecule has 0 aliphatic heterocycles. The number of ether oxygens (including phenoxy) is 3. The standard InChI is InChI=1S/C14H14N2O4/c1-18-12-10(11(17)9-7-5-4-6-8-9)13(19-2)16-14(15-12)20-3/h4-8H,1-3H3. The highest BCUT2D eigenvalue weighted by molar-refractivity contribution is 6.11. The predicted octanol–water partition coefficient (Wildman–Crippen LogP) is 1.73. The van der Waals surface area contributed by atoms with Crippen molar-refractivity contribution in [2.45, 2.75) is 0 Å². The van der Waals surface area contributed by atoms with Crippen LogP contribution in [0.3, 0.4) is 0 Å². The third-order valence-corrected chi connectivity index (χ3v) is 2.65. The molecule has 0 radical (unpaired) electrons. The first-order valence-electron chi connectivity index (χ1n) is 5.85. The van der Waals surface area contributed by atoms with Crippen LogP contribution in [-0.2, 0) is 0 Å². The minimum absolute atomic E-state index is 0.0725. The number of benzene rings is 1. The SMILES string of the molecule is COc1nc(OC)c(C(=O)c2ccccc2)c(OC)n1. The maximum Gasteiger partial charge on any atom is 0.322 e. The molecule has 20 heavy (non-hydrogen) atoms. The van der Waals surface area contributed by atoms with Crippen LogP contribution in [0.5, 0.6) is 17.8 Å². The Labute approximate surface area is 116 Å². The fourth-order valence-electron chi connectivity index (χ4n) is 1.72. The maximum absolute atomic E-state index is 12.5. The molecule has 1 heterocycles. The van der Waals surface area contributed by atoms with Crippen LogP contribution in [0.25, 0.3) is 0 Å². The Morgan fingerprint density at radius 1 is 0.900 bits per heavy atom. The highest BCUT2D eigenvalue weighted by Crippen LogP contribution is 2.29. The smallest absolute Gasteiger partial charge is 0.322 e. The molecule has 0 unspecified atom stereocenters. The van der Waals surface area contributed by atoms with E-state index in [4.69, 9.17) is 14.2 Å². The monoisotopic (exact) mass is 274 g/mol. The Hall–Kier alpha value is -2.63. The summed E-state index contributed by atoms with van der Waals surface area (Å²) in [5.74, 6) is -0.0490. The van der Waals surface area contributed by atoms with Crippen molar-refractivity contribution in [3.8, 4) is 17.8 Å². The molecule has 6 nitrogen and oxygen atoms in total. The minimum Gasteiger partial charge on any atom is -0.480 e. The fraction of sp³-hybridized carbons (Fsp3) is 0.214. The zero-order valence-electron chi connectivity index (χ0n) is 11.4. The number of aromatic nitrogens is 2. The van der Waals surface area contributed by atoms with Crippen LogP contribution in [-0.4, -0.2) is 37.1 Å². The van der Waals surface area contributed by atoms with Crippen LogP contribution in [0.1, 0.15) is 15.9 Å². The van der Waals surface area contributed by atoms with Crippen LogP contribution < -0.4 is 14.2 Å². The van der Waals surface area contributed by atoms with Gasteiger partial charge in [0.05, 0.1) is 21.3 Å². The Morgan fingerprint density at radius 2 is 1.45 bits per heavy atom. The fourth-order valence-corrected chi connectivity index (χ4v) is 1.72. The van der Waals surface area contributed by atoms with Crippen LogP contribution in [0.4, 0.5) is 0 Å². The molecule has 2 rings (SSSR count). The molecular formula is C14H14N2O4. The van der Waals surface area contributed by atoms with Crippen molar-refractivity contribution in [2.75, 3.05) is 21.3 Å². The molecule has 104 valence electrons. The van der Waals surface area contributed by atoms with E-state index in [9.17, 15) is 4.79 Å². The first-order valence-corrected chi connectivity index (χ1v) is 5.85. The highest BCUT2D eigenvalue weighted by Gasteiger charge is 2.24. The third-order valence-electron chi connectivity index (χ3n) is 2.65. The molecule has 0 amide bonds. The van der Waals surface area contributed by atoms with Gasteiger partial charge in [-0.15, -0.1) is 0 Å². The van der Waals surface area contributed by atoms with Crippen molar-refractivity contribution in [2.24, 2.45) is 0 Å². The molecular weight excluding hydrogens is 260 g/mol. The van der Waals surface area contributed by atoms with Crippen molar-refractivity contribution in [1.82, 2.24) is 9.97 Å². The van der Waals surface area contributed by atoms with Gasteiger partial charge < -0.3 is 14.2 Å². The summed E-state index contributed by atoms with van der Waals surface area (Å²) in [7, 11) is 4.26. The van der Waals surface area contributed by atoms with Gasteiger partial charge in [0.25, 0.3) is 0 Å². The van der Waals surface area contributed by atoms with E-state index >= 15 is 0 Å². The van der Waals surface area contributed by atoms with E-state index < -0.39 is 0 Å². The summed E-state index contributed by atoms with van der Waals surface area (Å²) in [5.41, 5.74) is 0.667. The van der Waals surface area contributed by atoms with Gasteiger partial charge in [0, 0.05) is 5.56 Å². The number of carbonyl (C=O) groups is 1. The van der Waals surface area contributed by atoms with Crippen molar-refractivity contribution >= 4 is 5.78 Å². The molecule has 0 N–H and O–H groups in total. The van der Waals surface area contributed by atoms with Gasteiger partial charge in [-0.2, -0.15) is 9.97 Å². The Balaban J connectivity index is 2.57. The zero-order chi connectivity index (χ0) is 14.5. The molecule has 0 fully saturated rings. The molecule has 2 aromatic rings. The predicted molar refractivity (Wildman–Crippen MR) is 71.6 cm³/mol. The lowest BCUT2D eigenvalue weighted by Crippen LogP contribution is -2.10. The average molecular weight is 274 g/mol. The van der Waals surface area contributed by atoms with E-state index in [0.29, 0.717) is 5.56 Å². The lowest BCUT2D eigenvalue weighted by molar-refractivity contribution is 0.103. The van der Waals surface area contributed by atoms with Crippen molar-refractivity contribution in [3.63, 3.8) is 0 Å². The molecule has 6 heteroatoms. The molecule has 0 aliphatic rings. The van der Waals surface area contributed by atoms with Gasteiger partial charge in [-0.05, 0) is 0 Å². The van der Waals surface area contributed by atoms with E-state index in [1.54, 1.807) is 24.3 Å². The number of hydrogen-bond donors (Lipinski definition) is 0. The van der Waals surface area contributed by atoms with Gasteiger partial charge in [-0.3, -0.25) is 4.79 Å². The minimum atomic E-state index is -0.276. The number of carbonyl (C=O) groups excluding carboxylic acids is 1. The number of ketones is 1. The normalized spacial score (nSPS) is 9.95. The highest BCUT2D eigenvalue weighted by atomic mass is 16.5. The summed E-state index contributed by atoms with van der Waals surface area (Å²) in [6, 6.07) is 8.85. The van der Waals surface area contributed by atoms with E-state index in [-0.39, 0.29) is 29.1 Å². The van der Waals surface area contributed by atoms with Crippen LogP contribution in [0.2, 0.25) is 0 Å². The van der Waals surface area contributed by atoms with Crippen LogP contribution in [0.15, 0.2) is 30.3 Å². The number of rotatable bonds is 5. The molecule has 0 atom stereocenters. The molecule has 0 spiro atoms. The molecule has 0 saturated heterocycles. The first-order chi connectivity index (χ1) is 9.71. The molecule has 1 aromatic heterocycles. The summed E-state index contributed by atoms with van der Waals surface area (Å²) < 4.78 is 15.2. The van der Waals surface area contributed by atoms with E-state index in [1.807, 2.05) is 6.07 Å². The Kier molecular flexibility index (Phi) is 4.14. The summed E-state index contributed by atoms with van der Waals surface area (Å²) >= 11 is 0. The van der Waals surface area contributed by atoms with E-state index in [2.05, 4.69) is 9.97 Å². The molecule has 0 saturated carbocycles. The van der Waals surface area contributed by atoms with Gasteiger partial charge in [0.1, 0.15) is 5.56 Å². The zero-order valence-corrected chi connectivity index (χ0v) is 11.4. The summed E-state index contributed by atoms with van der Waals surface area (Å²) in [4.78, 5) is 20.5. The average Bonchev–Trinajstić information content (AvgIpc) is 2.53. The van der Waals surface area contributed by atoms with Gasteiger partial charge >= 0.3 is 6.01 Å². The molecule has 0 bridgehead atoms. The quantitative estimate of drug-likeness (QED) is 0.773. The first kappa shape index (κ1) is 13.8. The molecule has 1 aromatic carbocycles. The van der Waals surface area contributed by atoms with Crippen LogP contribution >= 0.6 is 0 Å². The van der Waals surface area contributed by atoms with Gasteiger partial charge in [0.2, 0.25) is 17.5 Å².